The van der Waals surface area contributed by atoms with Crippen molar-refractivity contribution in [1.29, 1.82) is 0 Å². The summed E-state index contributed by atoms with van der Waals surface area (Å²) in [5.74, 6) is 0.457. The van der Waals surface area contributed by atoms with Crippen LogP contribution in [0.1, 0.15) is 0 Å². The van der Waals surface area contributed by atoms with Crippen LogP contribution in [0.4, 0.5) is 5.69 Å². The predicted molar refractivity (Wildman–Crippen MR) is 81.3 cm³/mol. The van der Waals surface area contributed by atoms with Crippen LogP contribution in [-0.4, -0.2) is 32.1 Å². The number of amides is 1. The maximum Gasteiger partial charge on any atom is 0.242 e. The van der Waals surface area contributed by atoms with Gasteiger partial charge in [-0.2, -0.15) is 0 Å². The van der Waals surface area contributed by atoms with E-state index >= 15 is 0 Å². The van der Waals surface area contributed by atoms with Crippen LogP contribution in [-0.2, 0) is 4.79 Å². The zero-order valence-corrected chi connectivity index (χ0v) is 11.9. The molecule has 0 heterocycles. The first kappa shape index (κ1) is 15.8. The number of nitrogens with zero attached hydrogens (tertiary/aromatic N) is 1. The van der Waals surface area contributed by atoms with E-state index in [2.05, 4.69) is 22.2 Å². The van der Waals surface area contributed by atoms with E-state index in [1.807, 2.05) is 0 Å². The van der Waals surface area contributed by atoms with Crippen LogP contribution < -0.4 is 21.1 Å². The molecule has 0 bridgehead atoms. The number of rotatable bonds is 6. The van der Waals surface area contributed by atoms with Crippen LogP contribution >= 0.6 is 11.6 Å². The number of aliphatic imine (C=N–C) groups is 1. The van der Waals surface area contributed by atoms with Crippen molar-refractivity contribution in [1.82, 2.24) is 5.32 Å². The second-order valence-corrected chi connectivity index (χ2v) is 4.18. The molecule has 0 aliphatic carbocycles. The number of benzene rings is 1. The van der Waals surface area contributed by atoms with Crippen LogP contribution in [0, 0.1) is 0 Å². The molecule has 0 aromatic heterocycles. The molecule has 0 saturated carbocycles. The number of nitrogens with one attached hydrogen (secondary N) is 2. The molecule has 0 spiro atoms. The van der Waals surface area contributed by atoms with Crippen molar-refractivity contribution in [3.8, 4) is 5.75 Å². The van der Waals surface area contributed by atoms with Crippen LogP contribution in [0.25, 0.3) is 0 Å². The van der Waals surface area contributed by atoms with Crippen LogP contribution in [0.3, 0.4) is 0 Å². The van der Waals surface area contributed by atoms with E-state index in [1.165, 1.54) is 7.11 Å². The molecule has 7 heteroatoms. The van der Waals surface area contributed by atoms with Gasteiger partial charge < -0.3 is 21.1 Å². The molecule has 0 fully saturated rings. The predicted octanol–water partition coefficient (Wildman–Crippen LogP) is 1.38. The molecule has 0 radical (unpaired) electrons. The average Bonchev–Trinajstić information content (AvgIpc) is 2.43. The zero-order valence-electron chi connectivity index (χ0n) is 11.1. The second-order valence-electron chi connectivity index (χ2n) is 3.77. The molecule has 108 valence electrons. The Morgan fingerprint density at radius 3 is 2.95 bits per heavy atom. The van der Waals surface area contributed by atoms with E-state index in [1.54, 1.807) is 24.3 Å². The largest absolute Gasteiger partial charge is 0.495 e. The smallest absolute Gasteiger partial charge is 0.242 e. The summed E-state index contributed by atoms with van der Waals surface area (Å²) < 4.78 is 5.04. The minimum absolute atomic E-state index is 0.0590. The van der Waals surface area contributed by atoms with Gasteiger partial charge in [-0.15, -0.1) is 6.58 Å². The SMILES string of the molecule is C=CCNC(=O)CN=C(N)Nc1ccc(OC)c(Cl)c1. The quantitative estimate of drug-likeness (QED) is 0.420. The summed E-state index contributed by atoms with van der Waals surface area (Å²) in [6.45, 7) is 3.84. The molecule has 1 amide bonds. The Labute approximate surface area is 122 Å². The minimum atomic E-state index is -0.234. The maximum atomic E-state index is 11.3. The fourth-order valence-corrected chi connectivity index (χ4v) is 1.59. The molecule has 0 aliphatic heterocycles. The molecule has 1 aromatic rings. The van der Waals surface area contributed by atoms with Crippen molar-refractivity contribution in [2.24, 2.45) is 10.7 Å². The van der Waals surface area contributed by atoms with Gasteiger partial charge in [0.25, 0.3) is 0 Å². The highest BCUT2D eigenvalue weighted by molar-refractivity contribution is 6.32. The summed E-state index contributed by atoms with van der Waals surface area (Å²) in [4.78, 5) is 15.2. The van der Waals surface area contributed by atoms with Gasteiger partial charge in [0.1, 0.15) is 12.3 Å². The van der Waals surface area contributed by atoms with Gasteiger partial charge in [-0.25, -0.2) is 4.99 Å². The Kier molecular flexibility index (Phi) is 6.39. The third-order valence-corrected chi connectivity index (χ3v) is 2.56. The van der Waals surface area contributed by atoms with Crippen LogP contribution in [0.5, 0.6) is 5.75 Å². The third-order valence-electron chi connectivity index (χ3n) is 2.26. The van der Waals surface area contributed by atoms with Gasteiger partial charge in [0, 0.05) is 12.2 Å². The first-order chi connectivity index (χ1) is 9.56. The number of hydrogen-bond donors (Lipinski definition) is 3. The van der Waals surface area contributed by atoms with Gasteiger partial charge in [-0.3, -0.25) is 4.79 Å². The van der Waals surface area contributed by atoms with E-state index < -0.39 is 0 Å². The van der Waals surface area contributed by atoms with E-state index in [-0.39, 0.29) is 18.4 Å². The molecule has 20 heavy (non-hydrogen) atoms. The molecule has 0 unspecified atom stereocenters. The van der Waals surface area contributed by atoms with Gasteiger partial charge in [-0.05, 0) is 18.2 Å². The lowest BCUT2D eigenvalue weighted by Gasteiger charge is -2.08. The molecule has 1 rings (SSSR count). The molecule has 1 aromatic carbocycles. The molecule has 0 aliphatic rings. The standard InChI is InChI=1S/C13H17ClN4O2/c1-3-6-16-12(19)8-17-13(15)18-9-4-5-11(20-2)10(14)7-9/h3-5,7H,1,6,8H2,2H3,(H,16,19)(H3,15,17,18). The van der Waals surface area contributed by atoms with Crippen molar-refractivity contribution in [3.05, 3.63) is 35.9 Å². The van der Waals surface area contributed by atoms with Gasteiger partial charge in [0.2, 0.25) is 5.91 Å². The van der Waals surface area contributed by atoms with Crippen LogP contribution in [0.15, 0.2) is 35.8 Å². The monoisotopic (exact) mass is 296 g/mol. The Bertz CT molecular complexity index is 517. The highest BCUT2D eigenvalue weighted by Gasteiger charge is 2.03. The number of guanidine groups is 1. The van der Waals surface area contributed by atoms with Gasteiger partial charge in [0.15, 0.2) is 5.96 Å². The molecule has 4 N–H and O–H groups in total. The number of halogens is 1. The summed E-state index contributed by atoms with van der Waals surface area (Å²) in [6, 6.07) is 5.10. The molecule has 0 atom stereocenters. The van der Waals surface area contributed by atoms with Crippen molar-refractivity contribution in [2.45, 2.75) is 0 Å². The van der Waals surface area contributed by atoms with E-state index in [0.717, 1.165) is 0 Å². The Balaban J connectivity index is 2.56. The number of hydrogen-bond acceptors (Lipinski definition) is 3. The fraction of sp³-hybridized carbons (Fsp3) is 0.231. The van der Waals surface area contributed by atoms with Crippen molar-refractivity contribution >= 4 is 29.2 Å². The lowest BCUT2D eigenvalue weighted by atomic mass is 10.3. The topological polar surface area (TPSA) is 88.7 Å². The minimum Gasteiger partial charge on any atom is -0.495 e. The van der Waals surface area contributed by atoms with Crippen molar-refractivity contribution in [3.63, 3.8) is 0 Å². The highest BCUT2D eigenvalue weighted by atomic mass is 35.5. The number of anilines is 1. The maximum absolute atomic E-state index is 11.3. The highest BCUT2D eigenvalue weighted by Crippen LogP contribution is 2.26. The Morgan fingerprint density at radius 2 is 2.35 bits per heavy atom. The number of nitrogens with two attached hydrogens (primary N) is 1. The normalized spacial score (nSPS) is 10.8. The number of ether oxygens (including phenoxy) is 1. The van der Waals surface area contributed by atoms with Gasteiger partial charge >= 0.3 is 0 Å². The molecule has 0 saturated heterocycles. The number of methoxy groups -OCH3 is 1. The summed E-state index contributed by atoms with van der Waals surface area (Å²) >= 11 is 5.98. The summed E-state index contributed by atoms with van der Waals surface area (Å²) in [5.41, 5.74) is 6.32. The second kappa shape index (κ2) is 8.06. The Hall–Kier alpha value is -2.21. The van der Waals surface area contributed by atoms with E-state index in [9.17, 15) is 4.79 Å². The zero-order chi connectivity index (χ0) is 15.0. The molecule has 6 nitrogen and oxygen atoms in total. The van der Waals surface area contributed by atoms with Gasteiger partial charge in [0.05, 0.1) is 12.1 Å². The van der Waals surface area contributed by atoms with Gasteiger partial charge in [-0.1, -0.05) is 17.7 Å². The van der Waals surface area contributed by atoms with E-state index in [4.69, 9.17) is 22.1 Å². The third kappa shape index (κ3) is 5.19. The fourth-order valence-electron chi connectivity index (χ4n) is 1.33. The van der Waals surface area contributed by atoms with Crippen molar-refractivity contribution < 1.29 is 9.53 Å². The average molecular weight is 297 g/mol. The Morgan fingerprint density at radius 1 is 1.60 bits per heavy atom. The lowest BCUT2D eigenvalue weighted by molar-refractivity contribution is -0.119. The molecular weight excluding hydrogens is 280 g/mol. The lowest BCUT2D eigenvalue weighted by Crippen LogP contribution is -2.29. The first-order valence-electron chi connectivity index (χ1n) is 5.85. The molecular formula is C13H17ClN4O2. The van der Waals surface area contributed by atoms with Crippen molar-refractivity contribution in [2.75, 3.05) is 25.5 Å². The summed E-state index contributed by atoms with van der Waals surface area (Å²) in [7, 11) is 1.53. The number of carbonyl (C=O) groups excluding carboxylic acids is 1. The first-order valence-corrected chi connectivity index (χ1v) is 6.22. The van der Waals surface area contributed by atoms with E-state index in [0.29, 0.717) is 23.0 Å². The van der Waals surface area contributed by atoms with Crippen LogP contribution in [0.2, 0.25) is 5.02 Å². The summed E-state index contributed by atoms with van der Waals surface area (Å²) in [6.07, 6.45) is 1.59. The number of carbonyl (C=O) groups is 1. The summed E-state index contributed by atoms with van der Waals surface area (Å²) in [5, 5.41) is 5.88.